The van der Waals surface area contributed by atoms with Crippen molar-refractivity contribution in [2.24, 2.45) is 7.05 Å². The summed E-state index contributed by atoms with van der Waals surface area (Å²) in [6.07, 6.45) is 0.739. The average molecular weight is 571 g/mol. The van der Waals surface area contributed by atoms with E-state index in [0.717, 1.165) is 15.9 Å². The van der Waals surface area contributed by atoms with Gasteiger partial charge in [0, 0.05) is 18.0 Å². The highest BCUT2D eigenvalue weighted by Gasteiger charge is 2.53. The molecule has 19 heteroatoms. The number of rotatable bonds is 6. The number of fused-ring (bicyclic) bond motifs is 4. The van der Waals surface area contributed by atoms with Crippen LogP contribution in [0.2, 0.25) is 0 Å². The Labute approximate surface area is 218 Å². The van der Waals surface area contributed by atoms with Crippen LogP contribution in [0.1, 0.15) is 54.9 Å². The minimum absolute atomic E-state index is 0.0252. The van der Waals surface area contributed by atoms with E-state index in [1.165, 1.54) is 15.8 Å². The Balaban J connectivity index is 1.46. The molecule has 5 rings (SSSR count). The van der Waals surface area contributed by atoms with E-state index in [9.17, 15) is 27.4 Å². The Bertz CT molecular complexity index is 1580. The van der Waals surface area contributed by atoms with Crippen LogP contribution >= 0.6 is 11.3 Å². The number of aromatic nitrogens is 5. The lowest BCUT2D eigenvalue weighted by molar-refractivity contribution is -0.0317. The molecule has 0 saturated carbocycles. The van der Waals surface area contributed by atoms with Crippen LogP contribution in [0.3, 0.4) is 0 Å². The number of nitrogens with zero attached hydrogens (tertiary/aromatic N) is 7. The molecule has 3 amide bonds. The summed E-state index contributed by atoms with van der Waals surface area (Å²) in [5.74, 6) is -0.593. The number of aryl methyl sites for hydroxylation is 1. The first kappa shape index (κ1) is 25.8. The van der Waals surface area contributed by atoms with E-state index in [2.05, 4.69) is 24.8 Å². The van der Waals surface area contributed by atoms with Gasteiger partial charge < -0.3 is 9.64 Å². The van der Waals surface area contributed by atoms with E-state index in [1.807, 2.05) is 0 Å². The summed E-state index contributed by atoms with van der Waals surface area (Å²) in [6.45, 7) is 5.01. The number of carbonyl (C=O) groups is 2. The molecule has 0 radical (unpaired) electrons. The number of carbonyl (C=O) groups excluding carboxylic acids is 2. The predicted molar refractivity (Wildman–Crippen MR) is 126 cm³/mol. The summed E-state index contributed by atoms with van der Waals surface area (Å²) < 4.78 is 49.2. The minimum atomic E-state index is -5.00. The molecule has 2 aliphatic rings. The van der Waals surface area contributed by atoms with Crippen molar-refractivity contribution in [3.63, 3.8) is 0 Å². The van der Waals surface area contributed by atoms with Crippen molar-refractivity contribution in [2.75, 3.05) is 11.9 Å². The van der Waals surface area contributed by atoms with Crippen molar-refractivity contribution >= 4 is 39.7 Å². The zero-order valence-corrected chi connectivity index (χ0v) is 22.0. The Morgan fingerprint density at radius 2 is 2.08 bits per heavy atom. The summed E-state index contributed by atoms with van der Waals surface area (Å²) in [5, 5.41) is 13.1. The second kappa shape index (κ2) is 8.89. The molecule has 5 heterocycles. The molecule has 1 saturated heterocycles. The minimum Gasteiger partial charge on any atom is -0.444 e. The van der Waals surface area contributed by atoms with Gasteiger partial charge in [-0.05, 0) is 20.8 Å². The molecular formula is C19H22N8O9S2. The molecule has 2 atom stereocenters. The maximum Gasteiger partial charge on any atom is 0.442 e. The van der Waals surface area contributed by atoms with Crippen LogP contribution in [0.5, 0.6) is 0 Å². The van der Waals surface area contributed by atoms with Crippen LogP contribution < -0.4 is 11.1 Å². The lowest BCUT2D eigenvalue weighted by Gasteiger charge is -2.30. The van der Waals surface area contributed by atoms with Crippen molar-refractivity contribution in [2.45, 2.75) is 45.0 Å². The monoisotopic (exact) mass is 570 g/mol. The fourth-order valence-electron chi connectivity index (χ4n) is 4.29. The zero-order chi connectivity index (χ0) is 27.6. The Morgan fingerprint density at radius 3 is 2.76 bits per heavy atom. The number of ether oxygens (including phenoxy) is 1. The summed E-state index contributed by atoms with van der Waals surface area (Å²) >= 11 is 1.15. The molecular weight excluding hydrogens is 548 g/mol. The summed E-state index contributed by atoms with van der Waals surface area (Å²) in [7, 11) is -3.40. The summed E-state index contributed by atoms with van der Waals surface area (Å²) in [6, 6.07) is -2.78. The third-order valence-electron chi connectivity index (χ3n) is 5.64. The largest absolute Gasteiger partial charge is 0.444 e. The molecule has 2 bridgehead atoms. The molecule has 0 spiro atoms. The molecule has 204 valence electrons. The molecule has 2 aliphatic heterocycles. The highest BCUT2D eigenvalue weighted by molar-refractivity contribution is 7.80. The normalized spacial score (nSPS) is 19.1. The van der Waals surface area contributed by atoms with Crippen molar-refractivity contribution in [3.05, 3.63) is 44.2 Å². The van der Waals surface area contributed by atoms with E-state index in [0.29, 0.717) is 21.3 Å². The van der Waals surface area contributed by atoms with Gasteiger partial charge in [-0.2, -0.15) is 18.6 Å². The first-order valence-electron chi connectivity index (χ1n) is 11.0. The van der Waals surface area contributed by atoms with Crippen LogP contribution in [0, 0.1) is 0 Å². The van der Waals surface area contributed by atoms with E-state index < -0.39 is 46.0 Å². The fraction of sp³-hybridized carbons (Fsp3) is 0.474. The van der Waals surface area contributed by atoms with E-state index in [-0.39, 0.29) is 24.7 Å². The second-order valence-corrected chi connectivity index (χ2v) is 11.4. The van der Waals surface area contributed by atoms with Crippen LogP contribution in [-0.4, -0.2) is 71.7 Å². The van der Waals surface area contributed by atoms with Gasteiger partial charge in [-0.15, -0.1) is 15.6 Å². The predicted octanol–water partition coefficient (Wildman–Crippen LogP) is 1.04. The van der Waals surface area contributed by atoms with E-state index in [1.54, 1.807) is 33.2 Å². The average Bonchev–Trinajstić information content (AvgIpc) is 3.53. The van der Waals surface area contributed by atoms with Gasteiger partial charge >= 0.3 is 28.3 Å². The molecule has 2 N–H and O–H groups in total. The summed E-state index contributed by atoms with van der Waals surface area (Å²) in [4.78, 5) is 43.4. The van der Waals surface area contributed by atoms with Crippen molar-refractivity contribution in [3.8, 4) is 0 Å². The van der Waals surface area contributed by atoms with Gasteiger partial charge in [0.1, 0.15) is 28.5 Å². The maximum absolute atomic E-state index is 13.1. The van der Waals surface area contributed by atoms with Gasteiger partial charge in [0.05, 0.1) is 25.0 Å². The SMILES string of the molecule is Cn1ncc2c1C(c1noc(=O)n1Cc1nc(NC(=O)OC(C)(C)C)cs1)N1CC2N(OS(=O)(=O)O)C1=O. The molecule has 17 nitrogen and oxygen atoms in total. The number of amides is 3. The molecule has 2 unspecified atom stereocenters. The third-order valence-corrected chi connectivity index (χ3v) is 6.82. The van der Waals surface area contributed by atoms with Crippen molar-refractivity contribution < 1.29 is 36.1 Å². The van der Waals surface area contributed by atoms with Crippen LogP contribution in [0.4, 0.5) is 15.4 Å². The lowest BCUT2D eigenvalue weighted by Crippen LogP contribution is -2.38. The molecule has 0 aliphatic carbocycles. The smallest absolute Gasteiger partial charge is 0.442 e. The summed E-state index contributed by atoms with van der Waals surface area (Å²) in [5.41, 5.74) is 0.166. The van der Waals surface area contributed by atoms with Crippen LogP contribution in [-0.2, 0) is 33.0 Å². The number of thiazole rings is 1. The van der Waals surface area contributed by atoms with E-state index in [4.69, 9.17) is 9.26 Å². The number of hydrogen-bond acceptors (Lipinski definition) is 12. The third kappa shape index (κ3) is 4.75. The number of urea groups is 1. The number of nitrogens with one attached hydrogen (secondary N) is 1. The van der Waals surface area contributed by atoms with E-state index >= 15 is 0 Å². The molecule has 1 fully saturated rings. The van der Waals surface area contributed by atoms with Crippen LogP contribution in [0.25, 0.3) is 0 Å². The van der Waals surface area contributed by atoms with Gasteiger partial charge in [-0.1, -0.05) is 5.16 Å². The highest BCUT2D eigenvalue weighted by atomic mass is 32.3. The lowest BCUT2D eigenvalue weighted by atomic mass is 9.97. The van der Waals surface area contributed by atoms with Crippen LogP contribution in [0.15, 0.2) is 20.9 Å². The highest BCUT2D eigenvalue weighted by Crippen LogP contribution is 2.46. The first-order valence-corrected chi connectivity index (χ1v) is 13.3. The fourth-order valence-corrected chi connectivity index (χ4v) is 5.38. The maximum atomic E-state index is 13.1. The Kier molecular flexibility index (Phi) is 6.04. The van der Waals surface area contributed by atoms with Gasteiger partial charge in [0.15, 0.2) is 5.82 Å². The van der Waals surface area contributed by atoms with Gasteiger partial charge in [-0.3, -0.25) is 23.6 Å². The number of hydroxylamine groups is 2. The Hall–Kier alpha value is -3.81. The van der Waals surface area contributed by atoms with Crippen molar-refractivity contribution in [1.29, 1.82) is 0 Å². The standard InChI is InChI=1S/C19H22N8O9S2/c1-19(2,3)34-16(28)22-11-8-37-12(21-11)7-26-15(23-35-18(26)30)14-13-9(5-20-24(13)4)10-6-25(14)17(29)27(10)36-38(31,32)33/h5,8,10,14H,6-7H2,1-4H3,(H,22,28)(H,31,32,33). The first-order chi connectivity index (χ1) is 17.7. The Morgan fingerprint density at radius 1 is 1.34 bits per heavy atom. The molecule has 3 aromatic rings. The second-order valence-electron chi connectivity index (χ2n) is 9.44. The van der Waals surface area contributed by atoms with Gasteiger partial charge in [0.25, 0.3) is 0 Å². The number of anilines is 1. The zero-order valence-electron chi connectivity index (χ0n) is 20.4. The van der Waals surface area contributed by atoms with Gasteiger partial charge in [-0.25, -0.2) is 19.4 Å². The molecule has 3 aromatic heterocycles. The number of hydrogen-bond donors (Lipinski definition) is 2. The van der Waals surface area contributed by atoms with Gasteiger partial charge in [0.2, 0.25) is 0 Å². The molecule has 0 aromatic carbocycles. The molecule has 38 heavy (non-hydrogen) atoms. The quantitative estimate of drug-likeness (QED) is 0.399. The van der Waals surface area contributed by atoms with Crippen molar-refractivity contribution in [1.82, 2.24) is 34.5 Å². The topological polar surface area (TPSA) is 204 Å².